The highest BCUT2D eigenvalue weighted by molar-refractivity contribution is 6.30. The summed E-state index contributed by atoms with van der Waals surface area (Å²) in [6.07, 6.45) is -0.829. The quantitative estimate of drug-likeness (QED) is 0.671. The highest BCUT2D eigenvalue weighted by Gasteiger charge is 2.35. The van der Waals surface area contributed by atoms with Gasteiger partial charge in [-0.2, -0.15) is 0 Å². The Hall–Kier alpha value is -2.93. The van der Waals surface area contributed by atoms with Crippen molar-refractivity contribution in [3.05, 3.63) is 58.6 Å². The fraction of sp³-hybridized carbons (Fsp3) is 0.364. The van der Waals surface area contributed by atoms with Gasteiger partial charge < -0.3 is 23.8 Å². The molecule has 0 spiro atoms. The van der Waals surface area contributed by atoms with Crippen molar-refractivity contribution in [1.29, 1.82) is 0 Å². The maximum Gasteiger partial charge on any atom is 0.410 e. The van der Waals surface area contributed by atoms with Crippen LogP contribution >= 0.6 is 11.6 Å². The molecule has 7 nitrogen and oxygen atoms in total. The second-order valence-corrected chi connectivity index (χ2v) is 7.79. The lowest BCUT2D eigenvalue weighted by Gasteiger charge is -2.26. The van der Waals surface area contributed by atoms with E-state index in [0.29, 0.717) is 29.5 Å². The monoisotopic (exact) mass is 431 g/mol. The molecule has 0 aromatic heterocycles. The summed E-state index contributed by atoms with van der Waals surface area (Å²) in [5, 5.41) is 0.612. The number of carbonyl (C=O) groups is 2. The van der Waals surface area contributed by atoms with Crippen LogP contribution in [0.5, 0.6) is 11.5 Å². The number of hydrogen-bond donors (Lipinski definition) is 0. The Kier molecular flexibility index (Phi) is 5.72. The van der Waals surface area contributed by atoms with Gasteiger partial charge in [-0.3, -0.25) is 0 Å². The zero-order chi connectivity index (χ0) is 21.3. The first-order valence-electron chi connectivity index (χ1n) is 9.67. The van der Waals surface area contributed by atoms with Crippen molar-refractivity contribution in [2.24, 2.45) is 0 Å². The topological polar surface area (TPSA) is 74.3 Å². The van der Waals surface area contributed by atoms with Gasteiger partial charge in [0.05, 0.1) is 13.7 Å². The van der Waals surface area contributed by atoms with Crippen LogP contribution in [0, 0.1) is 0 Å². The molecule has 30 heavy (non-hydrogen) atoms. The van der Waals surface area contributed by atoms with Gasteiger partial charge in [0.25, 0.3) is 0 Å². The van der Waals surface area contributed by atoms with E-state index >= 15 is 0 Å². The maximum absolute atomic E-state index is 12.4. The second-order valence-electron chi connectivity index (χ2n) is 7.35. The van der Waals surface area contributed by atoms with Crippen molar-refractivity contribution >= 4 is 23.7 Å². The molecule has 1 amide bonds. The molecule has 0 N–H and O–H groups in total. The Labute approximate surface area is 179 Å². The SMILES string of the molecule is COC(=O)[C@@H]1COc2cc(CC(C)N3CC(c4cccc(Cl)c4)OC3=O)ccc2O1. The number of benzene rings is 2. The lowest BCUT2D eigenvalue weighted by molar-refractivity contribution is -0.151. The molecule has 2 heterocycles. The first-order chi connectivity index (χ1) is 14.4. The number of amides is 1. The lowest BCUT2D eigenvalue weighted by atomic mass is 10.0. The molecule has 0 radical (unpaired) electrons. The minimum atomic E-state index is -0.768. The molecule has 2 aromatic rings. The number of carbonyl (C=O) groups excluding carboxylic acids is 2. The van der Waals surface area contributed by atoms with Gasteiger partial charge in [-0.15, -0.1) is 0 Å². The minimum absolute atomic E-state index is 0.0768. The van der Waals surface area contributed by atoms with Crippen LogP contribution in [-0.2, 0) is 20.7 Å². The van der Waals surface area contributed by atoms with Crippen LogP contribution in [0.15, 0.2) is 42.5 Å². The molecule has 2 aromatic carbocycles. The van der Waals surface area contributed by atoms with E-state index in [0.717, 1.165) is 11.1 Å². The summed E-state index contributed by atoms with van der Waals surface area (Å²) in [5.41, 5.74) is 1.87. The van der Waals surface area contributed by atoms with Gasteiger partial charge in [-0.05, 0) is 48.7 Å². The van der Waals surface area contributed by atoms with E-state index in [1.807, 2.05) is 37.3 Å². The number of halogens is 1. The van der Waals surface area contributed by atoms with E-state index in [4.69, 9.17) is 30.5 Å². The average Bonchev–Trinajstić information content (AvgIpc) is 3.14. The normalized spacial score (nSPS) is 21.2. The predicted molar refractivity (Wildman–Crippen MR) is 109 cm³/mol. The number of nitrogens with zero attached hydrogens (tertiary/aromatic N) is 1. The van der Waals surface area contributed by atoms with E-state index in [-0.39, 0.29) is 24.8 Å². The van der Waals surface area contributed by atoms with Crippen LogP contribution in [0.4, 0.5) is 4.79 Å². The number of esters is 1. The van der Waals surface area contributed by atoms with Crippen molar-refractivity contribution in [3.8, 4) is 11.5 Å². The van der Waals surface area contributed by atoms with Crippen LogP contribution in [0.1, 0.15) is 24.2 Å². The van der Waals surface area contributed by atoms with E-state index in [2.05, 4.69) is 0 Å². The van der Waals surface area contributed by atoms with Crippen molar-refractivity contribution < 1.29 is 28.5 Å². The summed E-state index contributed by atoms with van der Waals surface area (Å²) < 4.78 is 21.6. The van der Waals surface area contributed by atoms with Gasteiger partial charge in [-0.25, -0.2) is 9.59 Å². The summed E-state index contributed by atoms with van der Waals surface area (Å²) in [6.45, 7) is 2.54. The summed E-state index contributed by atoms with van der Waals surface area (Å²) in [5.74, 6) is 0.593. The standard InChI is InChI=1S/C22H22ClNO6/c1-13(24-11-19(30-22(24)26)15-4-3-5-16(23)10-15)8-14-6-7-17-18(9-14)28-12-20(29-17)21(25)27-2/h3-7,9-10,13,19-20H,8,11-12H2,1-2H3/t13?,19?,20-/m0/s1. The second kappa shape index (κ2) is 8.44. The number of ether oxygens (including phenoxy) is 4. The van der Waals surface area contributed by atoms with E-state index < -0.39 is 12.1 Å². The number of rotatable bonds is 5. The Morgan fingerprint density at radius 3 is 2.83 bits per heavy atom. The largest absolute Gasteiger partial charge is 0.485 e. The van der Waals surface area contributed by atoms with Gasteiger partial charge in [0.1, 0.15) is 12.7 Å². The summed E-state index contributed by atoms with van der Waals surface area (Å²) in [4.78, 5) is 25.8. The van der Waals surface area contributed by atoms with Crippen LogP contribution in [-0.4, -0.2) is 49.4 Å². The smallest absolute Gasteiger partial charge is 0.410 e. The Bertz CT molecular complexity index is 964. The van der Waals surface area contributed by atoms with Crippen molar-refractivity contribution in [3.63, 3.8) is 0 Å². The molecule has 0 aliphatic carbocycles. The van der Waals surface area contributed by atoms with Gasteiger partial charge in [-0.1, -0.05) is 29.8 Å². The number of fused-ring (bicyclic) bond motifs is 1. The molecule has 3 atom stereocenters. The first-order valence-corrected chi connectivity index (χ1v) is 10.1. The molecule has 0 bridgehead atoms. The summed E-state index contributed by atoms with van der Waals surface area (Å²) in [7, 11) is 1.31. The highest BCUT2D eigenvalue weighted by atomic mass is 35.5. The molecule has 158 valence electrons. The summed E-state index contributed by atoms with van der Waals surface area (Å²) >= 11 is 6.06. The van der Waals surface area contributed by atoms with Gasteiger partial charge in [0, 0.05) is 11.1 Å². The zero-order valence-electron chi connectivity index (χ0n) is 16.7. The zero-order valence-corrected chi connectivity index (χ0v) is 17.4. The molecule has 1 saturated heterocycles. The minimum Gasteiger partial charge on any atom is -0.485 e. The molecular formula is C22H22ClNO6. The third-order valence-corrected chi connectivity index (χ3v) is 5.49. The molecule has 1 fully saturated rings. The van der Waals surface area contributed by atoms with Crippen molar-refractivity contribution in [1.82, 2.24) is 4.90 Å². The predicted octanol–water partition coefficient (Wildman–Crippen LogP) is 3.78. The van der Waals surface area contributed by atoms with Crippen LogP contribution in [0.25, 0.3) is 0 Å². The van der Waals surface area contributed by atoms with Crippen molar-refractivity contribution in [2.45, 2.75) is 31.6 Å². The average molecular weight is 432 g/mol. The molecular weight excluding hydrogens is 410 g/mol. The van der Waals surface area contributed by atoms with E-state index in [1.165, 1.54) is 7.11 Å². The van der Waals surface area contributed by atoms with Crippen LogP contribution in [0.3, 0.4) is 0 Å². The third-order valence-electron chi connectivity index (χ3n) is 5.26. The molecule has 4 rings (SSSR count). The van der Waals surface area contributed by atoms with Crippen LogP contribution in [0.2, 0.25) is 5.02 Å². The molecule has 2 unspecified atom stereocenters. The molecule has 8 heteroatoms. The highest BCUT2D eigenvalue weighted by Crippen LogP contribution is 2.34. The van der Waals surface area contributed by atoms with Gasteiger partial charge >= 0.3 is 12.1 Å². The van der Waals surface area contributed by atoms with E-state index in [1.54, 1.807) is 17.0 Å². The molecule has 2 aliphatic heterocycles. The third kappa shape index (κ3) is 4.16. The van der Waals surface area contributed by atoms with E-state index in [9.17, 15) is 9.59 Å². The lowest BCUT2D eigenvalue weighted by Crippen LogP contribution is -2.37. The Morgan fingerprint density at radius 2 is 2.07 bits per heavy atom. The molecule has 2 aliphatic rings. The van der Waals surface area contributed by atoms with Crippen LogP contribution < -0.4 is 9.47 Å². The molecule has 0 saturated carbocycles. The van der Waals surface area contributed by atoms with Crippen molar-refractivity contribution in [2.75, 3.05) is 20.3 Å². The fourth-order valence-corrected chi connectivity index (χ4v) is 3.86. The fourth-order valence-electron chi connectivity index (χ4n) is 3.66. The first kappa shape index (κ1) is 20.3. The number of methoxy groups -OCH3 is 1. The number of cyclic esters (lactones) is 1. The Balaban J connectivity index is 1.41. The van der Waals surface area contributed by atoms with Gasteiger partial charge in [0.2, 0.25) is 6.10 Å². The summed E-state index contributed by atoms with van der Waals surface area (Å²) in [6, 6.07) is 12.8. The maximum atomic E-state index is 12.4. The van der Waals surface area contributed by atoms with Gasteiger partial charge in [0.15, 0.2) is 11.5 Å². The Morgan fingerprint density at radius 1 is 1.23 bits per heavy atom. The number of hydrogen-bond acceptors (Lipinski definition) is 6.